The second-order valence-corrected chi connectivity index (χ2v) is 6.06. The highest BCUT2D eigenvalue weighted by Gasteiger charge is 2.03. The molecule has 0 aliphatic heterocycles. The lowest BCUT2D eigenvalue weighted by Crippen LogP contribution is -2.05. The average Bonchev–Trinajstić information content (AvgIpc) is 2.55. The minimum atomic E-state index is 0.489. The van der Waals surface area contributed by atoms with Crippen LogP contribution in [0.1, 0.15) is 60.8 Å². The molecule has 0 unspecified atom stereocenters. The molecule has 23 heavy (non-hydrogen) atoms. The van der Waals surface area contributed by atoms with Gasteiger partial charge < -0.3 is 0 Å². The summed E-state index contributed by atoms with van der Waals surface area (Å²) in [5, 5.41) is 5.86. The Hall–Kier alpha value is -1.83. The quantitative estimate of drug-likeness (QED) is 0.191. The van der Waals surface area contributed by atoms with Crippen molar-refractivity contribution in [3.05, 3.63) is 59.5 Å². The van der Waals surface area contributed by atoms with Crippen molar-refractivity contribution in [2.24, 2.45) is 11.0 Å². The summed E-state index contributed by atoms with van der Waals surface area (Å²) in [6.45, 7) is 20.6. The van der Waals surface area contributed by atoms with Crippen molar-refractivity contribution >= 4 is 6.72 Å². The van der Waals surface area contributed by atoms with Crippen LogP contribution in [-0.4, -0.2) is 11.7 Å². The summed E-state index contributed by atoms with van der Waals surface area (Å²) in [5.74, 6) is 0.489. The predicted molar refractivity (Wildman–Crippen MR) is 105 cm³/mol. The summed E-state index contributed by atoms with van der Waals surface area (Å²) in [6, 6.07) is 0. The lowest BCUT2D eigenvalue weighted by Gasteiger charge is -2.15. The van der Waals surface area contributed by atoms with E-state index in [4.69, 9.17) is 0 Å². The Labute approximate surface area is 143 Å². The molecule has 0 radical (unpaired) electrons. The summed E-state index contributed by atoms with van der Waals surface area (Å²) in [4.78, 5) is 0. The fourth-order valence-corrected chi connectivity index (χ4v) is 1.90. The molecule has 0 atom stereocenters. The van der Waals surface area contributed by atoms with Crippen molar-refractivity contribution in [2.45, 2.75) is 60.8 Å². The van der Waals surface area contributed by atoms with E-state index in [0.29, 0.717) is 5.92 Å². The van der Waals surface area contributed by atoms with Crippen LogP contribution in [-0.2, 0) is 0 Å². The summed E-state index contributed by atoms with van der Waals surface area (Å²) in [5.41, 5.74) is 5.06. The number of hydrogen-bond donors (Lipinski definition) is 0. The molecular formula is C21H34N2. The zero-order valence-electron chi connectivity index (χ0n) is 15.9. The Kier molecular flexibility index (Phi) is 10.8. The zero-order chi connectivity index (χ0) is 17.8. The SMILES string of the molecule is C=CC(=C\N(/C=C(\C)C(C)C)N=C)/C(=C/C/C=C(/C)CC)CC. The molecule has 0 aromatic rings. The topological polar surface area (TPSA) is 15.6 Å². The van der Waals surface area contributed by atoms with E-state index in [9.17, 15) is 0 Å². The average molecular weight is 315 g/mol. The van der Waals surface area contributed by atoms with Crippen LogP contribution in [0.5, 0.6) is 0 Å². The van der Waals surface area contributed by atoms with E-state index >= 15 is 0 Å². The first-order valence-electron chi connectivity index (χ1n) is 8.52. The van der Waals surface area contributed by atoms with E-state index in [2.05, 4.69) is 72.1 Å². The maximum Gasteiger partial charge on any atom is 0.0358 e. The maximum atomic E-state index is 4.08. The van der Waals surface area contributed by atoms with Crippen molar-refractivity contribution in [1.29, 1.82) is 0 Å². The van der Waals surface area contributed by atoms with Crippen molar-refractivity contribution in [1.82, 2.24) is 5.01 Å². The molecule has 2 heteroatoms. The molecule has 0 fully saturated rings. The third-order valence-corrected chi connectivity index (χ3v) is 4.04. The summed E-state index contributed by atoms with van der Waals surface area (Å²) in [7, 11) is 0. The van der Waals surface area contributed by atoms with Gasteiger partial charge in [-0.3, -0.25) is 0 Å². The van der Waals surface area contributed by atoms with Crippen molar-refractivity contribution in [2.75, 3.05) is 0 Å². The van der Waals surface area contributed by atoms with Crippen LogP contribution in [0.4, 0.5) is 0 Å². The summed E-state index contributed by atoms with van der Waals surface area (Å²) < 4.78 is 0. The van der Waals surface area contributed by atoms with Gasteiger partial charge in [-0.1, -0.05) is 63.6 Å². The minimum Gasteiger partial charge on any atom is -0.248 e. The van der Waals surface area contributed by atoms with Crippen molar-refractivity contribution in [3.8, 4) is 0 Å². The van der Waals surface area contributed by atoms with Gasteiger partial charge in [0.15, 0.2) is 0 Å². The lowest BCUT2D eigenvalue weighted by atomic mass is 10.0. The molecular weight excluding hydrogens is 280 g/mol. The molecule has 0 rings (SSSR count). The van der Waals surface area contributed by atoms with Crippen LogP contribution in [0.15, 0.2) is 64.6 Å². The van der Waals surface area contributed by atoms with Gasteiger partial charge in [-0.25, -0.2) is 5.01 Å². The van der Waals surface area contributed by atoms with Crippen LogP contribution in [0, 0.1) is 5.92 Å². The van der Waals surface area contributed by atoms with Gasteiger partial charge in [0.1, 0.15) is 0 Å². The maximum absolute atomic E-state index is 4.08. The highest BCUT2D eigenvalue weighted by atomic mass is 15.4. The summed E-state index contributed by atoms with van der Waals surface area (Å²) >= 11 is 0. The molecule has 0 aliphatic carbocycles. The smallest absolute Gasteiger partial charge is 0.0358 e. The first kappa shape index (κ1) is 21.2. The zero-order valence-corrected chi connectivity index (χ0v) is 15.9. The normalized spacial score (nSPS) is 14.2. The molecule has 2 nitrogen and oxygen atoms in total. The third kappa shape index (κ3) is 8.39. The second kappa shape index (κ2) is 11.7. The Morgan fingerprint density at radius 1 is 1.09 bits per heavy atom. The first-order chi connectivity index (χ1) is 10.9. The van der Waals surface area contributed by atoms with E-state index in [-0.39, 0.29) is 0 Å². The van der Waals surface area contributed by atoms with Crippen LogP contribution >= 0.6 is 0 Å². The number of nitrogens with zero attached hydrogens (tertiary/aromatic N) is 2. The fraction of sp³-hybridized carbons (Fsp3) is 0.476. The van der Waals surface area contributed by atoms with Crippen LogP contribution < -0.4 is 0 Å². The van der Waals surface area contributed by atoms with Crippen molar-refractivity contribution < 1.29 is 0 Å². The van der Waals surface area contributed by atoms with Gasteiger partial charge in [-0.15, -0.1) is 0 Å². The van der Waals surface area contributed by atoms with Gasteiger partial charge >= 0.3 is 0 Å². The minimum absolute atomic E-state index is 0.489. The van der Waals surface area contributed by atoms with Crippen LogP contribution in [0.2, 0.25) is 0 Å². The van der Waals surface area contributed by atoms with Crippen molar-refractivity contribution in [3.63, 3.8) is 0 Å². The molecule has 0 bridgehead atoms. The molecule has 0 saturated carbocycles. The summed E-state index contributed by atoms with van der Waals surface area (Å²) in [6.07, 6.45) is 13.5. The van der Waals surface area contributed by atoms with Gasteiger partial charge in [-0.2, -0.15) is 5.10 Å². The van der Waals surface area contributed by atoms with Gasteiger partial charge in [0, 0.05) is 19.1 Å². The fourth-order valence-electron chi connectivity index (χ4n) is 1.90. The van der Waals surface area contributed by atoms with E-state index < -0.39 is 0 Å². The molecule has 0 amide bonds. The van der Waals surface area contributed by atoms with E-state index in [1.807, 2.05) is 18.5 Å². The highest BCUT2D eigenvalue weighted by molar-refractivity contribution is 5.39. The number of allylic oxidation sites excluding steroid dienone is 7. The van der Waals surface area contributed by atoms with Gasteiger partial charge in [0.25, 0.3) is 0 Å². The first-order valence-corrected chi connectivity index (χ1v) is 8.52. The number of hydrazone groups is 1. The van der Waals surface area contributed by atoms with Crippen LogP contribution in [0.3, 0.4) is 0 Å². The lowest BCUT2D eigenvalue weighted by molar-refractivity contribution is 0.533. The molecule has 0 aromatic heterocycles. The molecule has 0 heterocycles. The predicted octanol–water partition coefficient (Wildman–Crippen LogP) is 6.62. The van der Waals surface area contributed by atoms with E-state index in [0.717, 1.165) is 24.8 Å². The van der Waals surface area contributed by atoms with E-state index in [1.165, 1.54) is 16.7 Å². The highest BCUT2D eigenvalue weighted by Crippen LogP contribution is 2.19. The molecule has 128 valence electrons. The van der Waals surface area contributed by atoms with Gasteiger partial charge in [0.2, 0.25) is 0 Å². The molecule has 0 aromatic carbocycles. The largest absolute Gasteiger partial charge is 0.248 e. The van der Waals surface area contributed by atoms with Gasteiger partial charge in [-0.05, 0) is 50.2 Å². The Balaban J connectivity index is 5.40. The third-order valence-electron chi connectivity index (χ3n) is 4.04. The number of hydrogen-bond acceptors (Lipinski definition) is 2. The number of rotatable bonds is 10. The second-order valence-electron chi connectivity index (χ2n) is 6.06. The molecule has 0 N–H and O–H groups in total. The van der Waals surface area contributed by atoms with Crippen LogP contribution in [0.25, 0.3) is 0 Å². The molecule has 0 aliphatic rings. The molecule has 0 saturated heterocycles. The molecule has 0 spiro atoms. The Morgan fingerprint density at radius 3 is 2.17 bits per heavy atom. The Morgan fingerprint density at radius 2 is 1.74 bits per heavy atom. The van der Waals surface area contributed by atoms with E-state index in [1.54, 1.807) is 5.01 Å². The standard InChI is InChI=1S/C21H34N2/c1-9-18(6)13-12-14-20(10-2)21(11-3)16-23(22-8)15-19(7)17(4)5/h11,13-17H,3,8-10,12H2,1-2,4-7H3/b18-13-,19-15+,20-14+,21-16+. The van der Waals surface area contributed by atoms with Gasteiger partial charge in [0.05, 0.1) is 0 Å². The Bertz CT molecular complexity index is 502. The monoisotopic (exact) mass is 314 g/mol.